The lowest BCUT2D eigenvalue weighted by Crippen LogP contribution is -2.32. The fourth-order valence-electron chi connectivity index (χ4n) is 2.41. The fraction of sp³-hybridized carbons (Fsp3) is 0.571. The lowest BCUT2D eigenvalue weighted by atomic mass is 10.1. The fourth-order valence-corrected chi connectivity index (χ4v) is 3.15. The summed E-state index contributed by atoms with van der Waals surface area (Å²) in [6, 6.07) is 4.06. The topological polar surface area (TPSA) is 32.3 Å². The van der Waals surface area contributed by atoms with E-state index >= 15 is 0 Å². The second-order valence-corrected chi connectivity index (χ2v) is 6.30. The molecule has 0 aromatic heterocycles. The van der Waals surface area contributed by atoms with Crippen LogP contribution >= 0.6 is 27.5 Å². The molecule has 1 saturated carbocycles. The maximum Gasteiger partial charge on any atom is 0.0741 e. The highest BCUT2D eigenvalue weighted by atomic mass is 79.9. The van der Waals surface area contributed by atoms with Crippen molar-refractivity contribution in [3.63, 3.8) is 0 Å². The van der Waals surface area contributed by atoms with Gasteiger partial charge in [-0.2, -0.15) is 0 Å². The third-order valence-electron chi connectivity index (χ3n) is 3.57. The average molecular weight is 333 g/mol. The summed E-state index contributed by atoms with van der Waals surface area (Å²) in [4.78, 5) is 0. The number of nitrogens with one attached hydrogen (secondary N) is 1. The maximum absolute atomic E-state index is 10.1. The first kappa shape index (κ1) is 14.2. The summed E-state index contributed by atoms with van der Waals surface area (Å²) in [6.07, 6.45) is 5.14. The van der Waals surface area contributed by atoms with E-state index < -0.39 is 0 Å². The summed E-state index contributed by atoms with van der Waals surface area (Å²) < 4.78 is 1.00. The molecule has 1 aliphatic carbocycles. The zero-order valence-corrected chi connectivity index (χ0v) is 12.9. The molecule has 2 atom stereocenters. The van der Waals surface area contributed by atoms with Crippen LogP contribution < -0.4 is 5.32 Å². The minimum absolute atomic E-state index is 0.127. The van der Waals surface area contributed by atoms with E-state index in [1.165, 1.54) is 12.8 Å². The SMILES string of the molecule is Cc1cc(Br)c(NC2CCCCCC2O)cc1Cl. The van der Waals surface area contributed by atoms with E-state index in [1.807, 2.05) is 19.1 Å². The van der Waals surface area contributed by atoms with E-state index in [0.29, 0.717) is 0 Å². The molecule has 2 N–H and O–H groups in total. The number of hydrogen-bond acceptors (Lipinski definition) is 2. The largest absolute Gasteiger partial charge is 0.391 e. The van der Waals surface area contributed by atoms with Crippen LogP contribution in [0.15, 0.2) is 16.6 Å². The number of halogens is 2. The van der Waals surface area contributed by atoms with Gasteiger partial charge < -0.3 is 10.4 Å². The Morgan fingerprint density at radius 2 is 2.00 bits per heavy atom. The van der Waals surface area contributed by atoms with Gasteiger partial charge in [-0.3, -0.25) is 0 Å². The Morgan fingerprint density at radius 1 is 1.28 bits per heavy atom. The van der Waals surface area contributed by atoms with Gasteiger partial charge in [0.05, 0.1) is 17.8 Å². The maximum atomic E-state index is 10.1. The van der Waals surface area contributed by atoms with Gasteiger partial charge in [-0.15, -0.1) is 0 Å². The molecule has 18 heavy (non-hydrogen) atoms. The number of rotatable bonds is 2. The minimum Gasteiger partial charge on any atom is -0.391 e. The molecule has 1 fully saturated rings. The molecule has 1 aromatic rings. The lowest BCUT2D eigenvalue weighted by molar-refractivity contribution is 0.144. The van der Waals surface area contributed by atoms with Gasteiger partial charge in [-0.25, -0.2) is 0 Å². The minimum atomic E-state index is -0.264. The summed E-state index contributed by atoms with van der Waals surface area (Å²) in [6.45, 7) is 1.98. The molecule has 1 aromatic carbocycles. The van der Waals surface area contributed by atoms with Crippen LogP contribution in [0.2, 0.25) is 5.02 Å². The van der Waals surface area contributed by atoms with Crippen molar-refractivity contribution < 1.29 is 5.11 Å². The van der Waals surface area contributed by atoms with Crippen LogP contribution in [0.5, 0.6) is 0 Å². The molecule has 2 rings (SSSR count). The van der Waals surface area contributed by atoms with E-state index in [9.17, 15) is 5.11 Å². The van der Waals surface area contributed by atoms with E-state index in [2.05, 4.69) is 21.2 Å². The Kier molecular flexibility index (Phi) is 4.93. The van der Waals surface area contributed by atoms with Crippen molar-refractivity contribution in [2.75, 3.05) is 5.32 Å². The first-order valence-electron chi connectivity index (χ1n) is 6.48. The molecule has 100 valence electrons. The highest BCUT2D eigenvalue weighted by Gasteiger charge is 2.22. The van der Waals surface area contributed by atoms with Crippen LogP contribution in [-0.4, -0.2) is 17.3 Å². The van der Waals surface area contributed by atoms with Crippen molar-refractivity contribution in [2.45, 2.75) is 51.2 Å². The monoisotopic (exact) mass is 331 g/mol. The molecule has 0 saturated heterocycles. The molecular weight excluding hydrogens is 314 g/mol. The standard InChI is InChI=1S/C14H19BrClNO/c1-9-7-10(15)13(8-11(9)16)17-12-5-3-2-4-6-14(12)18/h7-8,12,14,17-18H,2-6H2,1H3. The summed E-state index contributed by atoms with van der Waals surface area (Å²) in [5.41, 5.74) is 2.02. The summed E-state index contributed by atoms with van der Waals surface area (Å²) in [5, 5.41) is 14.3. The Labute approximate surface area is 122 Å². The number of hydrogen-bond donors (Lipinski definition) is 2. The lowest BCUT2D eigenvalue weighted by Gasteiger charge is -2.24. The van der Waals surface area contributed by atoms with Gasteiger partial charge in [0.15, 0.2) is 0 Å². The molecule has 0 radical (unpaired) electrons. The molecule has 0 amide bonds. The average Bonchev–Trinajstić information content (AvgIpc) is 2.52. The Hall–Kier alpha value is -0.250. The van der Waals surface area contributed by atoms with Crippen LogP contribution in [0.1, 0.15) is 37.7 Å². The van der Waals surface area contributed by atoms with Gasteiger partial charge in [0, 0.05) is 9.50 Å². The molecule has 1 aliphatic rings. The van der Waals surface area contributed by atoms with Gasteiger partial charge in [0.1, 0.15) is 0 Å². The zero-order valence-electron chi connectivity index (χ0n) is 10.5. The molecular formula is C14H19BrClNO. The second-order valence-electron chi connectivity index (χ2n) is 5.04. The Balaban J connectivity index is 2.14. The first-order valence-corrected chi connectivity index (χ1v) is 7.65. The number of anilines is 1. The third kappa shape index (κ3) is 3.40. The predicted octanol–water partition coefficient (Wildman–Crippen LogP) is 4.52. The number of aliphatic hydroxyl groups excluding tert-OH is 1. The van der Waals surface area contributed by atoms with Crippen LogP contribution in [-0.2, 0) is 0 Å². The van der Waals surface area contributed by atoms with Gasteiger partial charge in [-0.05, 0) is 53.4 Å². The Bertz CT molecular complexity index is 425. The van der Waals surface area contributed by atoms with Crippen molar-refractivity contribution >= 4 is 33.2 Å². The highest BCUT2D eigenvalue weighted by molar-refractivity contribution is 9.10. The second kappa shape index (κ2) is 6.27. The van der Waals surface area contributed by atoms with E-state index in [1.54, 1.807) is 0 Å². The molecule has 4 heteroatoms. The summed E-state index contributed by atoms with van der Waals surface area (Å²) >= 11 is 9.69. The third-order valence-corrected chi connectivity index (χ3v) is 4.63. The van der Waals surface area contributed by atoms with Crippen LogP contribution in [0.4, 0.5) is 5.69 Å². The molecule has 2 unspecified atom stereocenters. The summed E-state index contributed by atoms with van der Waals surface area (Å²) in [5.74, 6) is 0. The van der Waals surface area contributed by atoms with Crippen molar-refractivity contribution in [3.8, 4) is 0 Å². The van der Waals surface area contributed by atoms with E-state index in [0.717, 1.165) is 40.0 Å². The summed E-state index contributed by atoms with van der Waals surface area (Å²) in [7, 11) is 0. The quantitative estimate of drug-likeness (QED) is 0.781. The molecule has 2 nitrogen and oxygen atoms in total. The van der Waals surface area contributed by atoms with Gasteiger partial charge in [0.2, 0.25) is 0 Å². The van der Waals surface area contributed by atoms with Crippen LogP contribution in [0, 0.1) is 6.92 Å². The normalized spacial score (nSPS) is 24.7. The van der Waals surface area contributed by atoms with Gasteiger partial charge in [0.25, 0.3) is 0 Å². The number of aliphatic hydroxyl groups is 1. The van der Waals surface area contributed by atoms with Crippen LogP contribution in [0.25, 0.3) is 0 Å². The highest BCUT2D eigenvalue weighted by Crippen LogP contribution is 2.31. The number of aryl methyl sites for hydroxylation is 1. The van der Waals surface area contributed by atoms with Crippen molar-refractivity contribution in [2.24, 2.45) is 0 Å². The zero-order chi connectivity index (χ0) is 13.1. The van der Waals surface area contributed by atoms with Crippen molar-refractivity contribution in [3.05, 3.63) is 27.2 Å². The van der Waals surface area contributed by atoms with Crippen LogP contribution in [0.3, 0.4) is 0 Å². The van der Waals surface area contributed by atoms with Crippen molar-refractivity contribution in [1.82, 2.24) is 0 Å². The Morgan fingerprint density at radius 3 is 2.78 bits per heavy atom. The van der Waals surface area contributed by atoms with Gasteiger partial charge >= 0.3 is 0 Å². The number of benzene rings is 1. The van der Waals surface area contributed by atoms with E-state index in [-0.39, 0.29) is 12.1 Å². The van der Waals surface area contributed by atoms with Crippen molar-refractivity contribution in [1.29, 1.82) is 0 Å². The molecule has 0 bridgehead atoms. The van der Waals surface area contributed by atoms with E-state index in [4.69, 9.17) is 11.6 Å². The predicted molar refractivity (Wildman–Crippen MR) is 80.4 cm³/mol. The molecule has 0 spiro atoms. The van der Waals surface area contributed by atoms with Gasteiger partial charge in [-0.1, -0.05) is 30.9 Å². The first-order chi connectivity index (χ1) is 8.58. The smallest absolute Gasteiger partial charge is 0.0741 e. The molecule has 0 aliphatic heterocycles. The molecule has 0 heterocycles.